The molecule has 4 heteroatoms. The molecular weight excluding hydrogens is 236 g/mol. The second kappa shape index (κ2) is 7.30. The molecular formula is C13H21ClN2O. The first kappa shape index (κ1) is 15.9. The molecule has 0 heterocycles. The van der Waals surface area contributed by atoms with E-state index < -0.39 is 6.04 Å². The molecule has 96 valence electrons. The van der Waals surface area contributed by atoms with Crippen LogP contribution in [-0.4, -0.2) is 19.0 Å². The molecule has 0 aliphatic heterocycles. The highest BCUT2D eigenvalue weighted by Crippen LogP contribution is 2.15. The lowest BCUT2D eigenvalue weighted by Crippen LogP contribution is -2.41. The Morgan fingerprint density at radius 1 is 1.47 bits per heavy atom. The molecule has 1 unspecified atom stereocenters. The van der Waals surface area contributed by atoms with Crippen molar-refractivity contribution in [1.82, 2.24) is 0 Å². The van der Waals surface area contributed by atoms with Crippen molar-refractivity contribution in [2.45, 2.75) is 32.7 Å². The Kier molecular flexibility index (Phi) is 6.85. The number of benzene rings is 1. The molecule has 17 heavy (non-hydrogen) atoms. The van der Waals surface area contributed by atoms with Crippen LogP contribution in [0, 0.1) is 6.92 Å². The summed E-state index contributed by atoms with van der Waals surface area (Å²) in [7, 11) is 1.77. The Morgan fingerprint density at radius 2 is 2.12 bits per heavy atom. The van der Waals surface area contributed by atoms with Crippen LogP contribution >= 0.6 is 12.4 Å². The largest absolute Gasteiger partial charge is 0.320 e. The maximum atomic E-state index is 11.9. The van der Waals surface area contributed by atoms with E-state index in [9.17, 15) is 4.79 Å². The summed E-state index contributed by atoms with van der Waals surface area (Å²) in [6.07, 6.45) is 1.66. The van der Waals surface area contributed by atoms with Crippen LogP contribution in [0.15, 0.2) is 24.3 Å². The Hall–Kier alpha value is -1.06. The summed E-state index contributed by atoms with van der Waals surface area (Å²) in [5.74, 6) is -0.0209. The van der Waals surface area contributed by atoms with Gasteiger partial charge in [0.2, 0.25) is 5.91 Å². The van der Waals surface area contributed by atoms with Crippen LogP contribution in [-0.2, 0) is 4.79 Å². The monoisotopic (exact) mass is 256 g/mol. The highest BCUT2D eigenvalue weighted by atomic mass is 35.5. The first-order valence-corrected chi connectivity index (χ1v) is 5.66. The van der Waals surface area contributed by atoms with E-state index in [0.29, 0.717) is 0 Å². The molecule has 0 aliphatic carbocycles. The Balaban J connectivity index is 0.00000256. The maximum absolute atomic E-state index is 11.9. The van der Waals surface area contributed by atoms with Gasteiger partial charge in [-0.05, 0) is 31.0 Å². The lowest BCUT2D eigenvalue weighted by Gasteiger charge is -2.21. The van der Waals surface area contributed by atoms with E-state index in [0.717, 1.165) is 24.1 Å². The number of amides is 1. The molecule has 0 spiro atoms. The van der Waals surface area contributed by atoms with Gasteiger partial charge in [0, 0.05) is 12.7 Å². The number of anilines is 1. The van der Waals surface area contributed by atoms with Crippen LogP contribution in [0.4, 0.5) is 5.69 Å². The lowest BCUT2D eigenvalue weighted by atomic mass is 10.1. The standard InChI is InChI=1S/C13H20N2O.ClH/c1-4-6-12(14)13(16)15(3)11-8-5-7-10(2)9-11;/h5,7-9,12H,4,6,14H2,1-3H3;1H. The SMILES string of the molecule is CCCC(N)C(=O)N(C)c1cccc(C)c1.Cl. The van der Waals surface area contributed by atoms with Gasteiger partial charge >= 0.3 is 0 Å². The number of carbonyl (C=O) groups is 1. The molecule has 0 bridgehead atoms. The van der Waals surface area contributed by atoms with Crippen molar-refractivity contribution in [2.75, 3.05) is 11.9 Å². The fraction of sp³-hybridized carbons (Fsp3) is 0.462. The first-order valence-electron chi connectivity index (χ1n) is 5.66. The molecule has 0 aliphatic rings. The molecule has 0 fully saturated rings. The van der Waals surface area contributed by atoms with Gasteiger partial charge in [0.05, 0.1) is 6.04 Å². The Bertz CT molecular complexity index is 368. The number of likely N-dealkylation sites (N-methyl/N-ethyl adjacent to an activating group) is 1. The topological polar surface area (TPSA) is 46.3 Å². The van der Waals surface area contributed by atoms with E-state index in [2.05, 4.69) is 0 Å². The van der Waals surface area contributed by atoms with Crippen molar-refractivity contribution in [3.63, 3.8) is 0 Å². The van der Waals surface area contributed by atoms with Crippen molar-refractivity contribution in [2.24, 2.45) is 5.73 Å². The van der Waals surface area contributed by atoms with Crippen LogP contribution in [0.2, 0.25) is 0 Å². The van der Waals surface area contributed by atoms with E-state index in [1.165, 1.54) is 0 Å². The van der Waals surface area contributed by atoms with E-state index in [4.69, 9.17) is 5.73 Å². The van der Waals surface area contributed by atoms with Crippen LogP contribution < -0.4 is 10.6 Å². The molecule has 0 saturated carbocycles. The minimum atomic E-state index is -0.393. The summed E-state index contributed by atoms with van der Waals surface area (Å²) >= 11 is 0. The highest BCUT2D eigenvalue weighted by Gasteiger charge is 2.18. The number of hydrogen-bond donors (Lipinski definition) is 1. The highest BCUT2D eigenvalue weighted by molar-refractivity contribution is 5.96. The average molecular weight is 257 g/mol. The third-order valence-corrected chi connectivity index (χ3v) is 2.64. The van der Waals surface area contributed by atoms with Gasteiger partial charge in [-0.25, -0.2) is 0 Å². The van der Waals surface area contributed by atoms with E-state index in [1.807, 2.05) is 38.1 Å². The Labute approximate surface area is 109 Å². The molecule has 0 radical (unpaired) electrons. The van der Waals surface area contributed by atoms with Gasteiger partial charge in [0.15, 0.2) is 0 Å². The van der Waals surface area contributed by atoms with Crippen LogP contribution in [0.5, 0.6) is 0 Å². The summed E-state index contributed by atoms with van der Waals surface area (Å²) in [6.45, 7) is 4.04. The summed E-state index contributed by atoms with van der Waals surface area (Å²) in [4.78, 5) is 13.6. The minimum absolute atomic E-state index is 0. The molecule has 1 aromatic carbocycles. The van der Waals surface area contributed by atoms with Crippen molar-refractivity contribution < 1.29 is 4.79 Å². The van der Waals surface area contributed by atoms with E-state index in [-0.39, 0.29) is 18.3 Å². The third kappa shape index (κ3) is 4.36. The zero-order valence-corrected chi connectivity index (χ0v) is 11.5. The zero-order valence-electron chi connectivity index (χ0n) is 10.6. The smallest absolute Gasteiger partial charge is 0.243 e. The predicted molar refractivity (Wildman–Crippen MR) is 74.7 cm³/mol. The number of aryl methyl sites for hydroxylation is 1. The molecule has 0 aromatic heterocycles. The first-order chi connectivity index (χ1) is 7.56. The fourth-order valence-corrected chi connectivity index (χ4v) is 1.65. The summed E-state index contributed by atoms with van der Waals surface area (Å²) in [5, 5.41) is 0. The predicted octanol–water partition coefficient (Wildman–Crippen LogP) is 2.51. The number of rotatable bonds is 4. The number of halogens is 1. The summed E-state index contributed by atoms with van der Waals surface area (Å²) in [5.41, 5.74) is 7.85. The third-order valence-electron chi connectivity index (χ3n) is 2.64. The second-order valence-electron chi connectivity index (χ2n) is 4.13. The maximum Gasteiger partial charge on any atom is 0.243 e. The van der Waals surface area contributed by atoms with Gasteiger partial charge in [-0.3, -0.25) is 4.79 Å². The van der Waals surface area contributed by atoms with E-state index >= 15 is 0 Å². The second-order valence-corrected chi connectivity index (χ2v) is 4.13. The number of carbonyl (C=O) groups excluding carboxylic acids is 1. The average Bonchev–Trinajstić information content (AvgIpc) is 2.27. The zero-order chi connectivity index (χ0) is 12.1. The van der Waals surface area contributed by atoms with Crippen LogP contribution in [0.25, 0.3) is 0 Å². The van der Waals surface area contributed by atoms with Crippen molar-refractivity contribution in [3.05, 3.63) is 29.8 Å². The van der Waals surface area contributed by atoms with Gasteiger partial charge < -0.3 is 10.6 Å². The quantitative estimate of drug-likeness (QED) is 0.900. The molecule has 1 amide bonds. The normalized spacial score (nSPS) is 11.5. The van der Waals surface area contributed by atoms with E-state index in [1.54, 1.807) is 11.9 Å². The number of hydrogen-bond acceptors (Lipinski definition) is 2. The van der Waals surface area contributed by atoms with Gasteiger partial charge in [0.1, 0.15) is 0 Å². The van der Waals surface area contributed by atoms with Gasteiger partial charge in [0.25, 0.3) is 0 Å². The Morgan fingerprint density at radius 3 is 2.65 bits per heavy atom. The molecule has 1 atom stereocenters. The number of nitrogens with two attached hydrogens (primary N) is 1. The molecule has 0 saturated heterocycles. The minimum Gasteiger partial charge on any atom is -0.320 e. The fourth-order valence-electron chi connectivity index (χ4n) is 1.65. The lowest BCUT2D eigenvalue weighted by molar-refractivity contribution is -0.119. The molecule has 3 nitrogen and oxygen atoms in total. The van der Waals surface area contributed by atoms with Crippen molar-refractivity contribution >= 4 is 24.0 Å². The van der Waals surface area contributed by atoms with Gasteiger partial charge in [-0.1, -0.05) is 25.5 Å². The van der Waals surface area contributed by atoms with Gasteiger partial charge in [-0.2, -0.15) is 0 Å². The molecule has 1 rings (SSSR count). The molecule has 2 N–H and O–H groups in total. The van der Waals surface area contributed by atoms with Crippen molar-refractivity contribution in [3.8, 4) is 0 Å². The van der Waals surface area contributed by atoms with Crippen molar-refractivity contribution in [1.29, 1.82) is 0 Å². The summed E-state index contributed by atoms with van der Waals surface area (Å²) < 4.78 is 0. The van der Waals surface area contributed by atoms with Crippen LogP contribution in [0.3, 0.4) is 0 Å². The van der Waals surface area contributed by atoms with Crippen LogP contribution in [0.1, 0.15) is 25.3 Å². The van der Waals surface area contributed by atoms with Gasteiger partial charge in [-0.15, -0.1) is 12.4 Å². The molecule has 1 aromatic rings. The number of nitrogens with zero attached hydrogens (tertiary/aromatic N) is 1. The summed E-state index contributed by atoms with van der Waals surface area (Å²) in [6, 6.07) is 7.46.